The molecule has 0 aromatic heterocycles. The average molecular weight is 431 g/mol. The Morgan fingerprint density at radius 3 is 2.60 bits per heavy atom. The second kappa shape index (κ2) is 9.41. The summed E-state index contributed by atoms with van der Waals surface area (Å²) in [6.45, 7) is 4.72. The molecule has 4 N–H and O–H groups in total. The van der Waals surface area contributed by atoms with E-state index in [2.05, 4.69) is 4.90 Å². The van der Waals surface area contributed by atoms with Gasteiger partial charge in [-0.25, -0.2) is 4.39 Å². The van der Waals surface area contributed by atoms with Gasteiger partial charge in [0.05, 0.1) is 5.71 Å². The lowest BCUT2D eigenvalue weighted by molar-refractivity contribution is -0.537. The first-order valence-electron chi connectivity index (χ1n) is 9.89. The van der Waals surface area contributed by atoms with Crippen molar-refractivity contribution in [2.24, 2.45) is 0 Å². The maximum absolute atomic E-state index is 14.9. The number of rotatable bonds is 7. The Labute approximate surface area is 180 Å². The van der Waals surface area contributed by atoms with Crippen molar-refractivity contribution in [3.63, 3.8) is 0 Å². The van der Waals surface area contributed by atoms with E-state index in [4.69, 9.17) is 22.1 Å². The van der Waals surface area contributed by atoms with E-state index in [0.29, 0.717) is 35.7 Å². The number of carboxylic acids is 1. The first kappa shape index (κ1) is 22.0. The number of nitrogens with two attached hydrogens (primary N) is 1. The van der Waals surface area contributed by atoms with Gasteiger partial charge in [0.25, 0.3) is 0 Å². The van der Waals surface area contributed by atoms with Gasteiger partial charge in [-0.15, -0.1) is 0 Å². The van der Waals surface area contributed by atoms with Crippen LogP contribution < -0.4 is 5.32 Å². The summed E-state index contributed by atoms with van der Waals surface area (Å²) >= 11 is 6.50. The van der Waals surface area contributed by atoms with Gasteiger partial charge in [0.15, 0.2) is 0 Å². The lowest BCUT2D eigenvalue weighted by Gasteiger charge is -2.31. The number of carbonyl (C=O) groups is 1. The standard InChI is InChI=1S/C23H25ClFN3O2/c1-14-3-8-18(9-4-14)27-23(21(24)15(2)26)28-12-11-19-17(13-28)6-5-16(22(19)25)7-10-20(29)30/h3-6,8-9,26-27H,7,10-13H2,1-2H3,(H,29,30)/p+1/b23-21-,26-15?. The van der Waals surface area contributed by atoms with Crippen molar-refractivity contribution in [1.82, 2.24) is 4.90 Å². The zero-order chi connectivity index (χ0) is 21.8. The van der Waals surface area contributed by atoms with Crippen molar-refractivity contribution in [3.8, 4) is 0 Å². The molecule has 2 aromatic rings. The van der Waals surface area contributed by atoms with Crippen molar-refractivity contribution < 1.29 is 19.6 Å². The lowest BCUT2D eigenvalue weighted by atomic mass is 9.94. The molecule has 158 valence electrons. The Morgan fingerprint density at radius 2 is 1.97 bits per heavy atom. The Morgan fingerprint density at radius 1 is 1.27 bits per heavy atom. The molecule has 30 heavy (non-hydrogen) atoms. The van der Waals surface area contributed by atoms with E-state index in [1.165, 1.54) is 0 Å². The molecule has 0 saturated heterocycles. The Bertz CT molecular complexity index is 1000. The zero-order valence-corrected chi connectivity index (χ0v) is 17.9. The van der Waals surface area contributed by atoms with Gasteiger partial charge in [-0.3, -0.25) is 10.1 Å². The van der Waals surface area contributed by atoms with Crippen LogP contribution in [0.15, 0.2) is 47.3 Å². The van der Waals surface area contributed by atoms with Crippen molar-refractivity contribution in [1.29, 1.82) is 5.41 Å². The minimum absolute atomic E-state index is 0.0888. The molecule has 0 amide bonds. The van der Waals surface area contributed by atoms with Crippen molar-refractivity contribution in [2.75, 3.05) is 6.54 Å². The van der Waals surface area contributed by atoms with E-state index in [1.54, 1.807) is 13.0 Å². The first-order chi connectivity index (χ1) is 14.3. The smallest absolute Gasteiger partial charge is 0.303 e. The molecule has 0 bridgehead atoms. The molecule has 0 atom stereocenters. The number of nitrogens with zero attached hydrogens (tertiary/aromatic N) is 1. The van der Waals surface area contributed by atoms with E-state index < -0.39 is 5.97 Å². The van der Waals surface area contributed by atoms with Crippen LogP contribution >= 0.6 is 11.6 Å². The minimum atomic E-state index is -0.934. The number of carboxylic acid groups (broad SMARTS) is 1. The lowest BCUT2D eigenvalue weighted by Crippen LogP contribution is -2.79. The second-order valence-electron chi connectivity index (χ2n) is 7.62. The van der Waals surface area contributed by atoms with Gasteiger partial charge < -0.3 is 15.4 Å². The normalized spacial score (nSPS) is 14.2. The number of nitrogens with one attached hydrogen (secondary N) is 1. The molecule has 0 saturated carbocycles. The highest BCUT2D eigenvalue weighted by atomic mass is 35.5. The molecule has 3 rings (SSSR count). The highest BCUT2D eigenvalue weighted by Crippen LogP contribution is 2.27. The second-order valence-corrected chi connectivity index (χ2v) is 8.00. The number of aryl methyl sites for hydroxylation is 2. The van der Waals surface area contributed by atoms with Gasteiger partial charge in [-0.1, -0.05) is 41.4 Å². The monoisotopic (exact) mass is 430 g/mol. The number of fused-ring (bicyclic) bond motifs is 1. The first-order valence-corrected chi connectivity index (χ1v) is 10.3. The van der Waals surface area contributed by atoms with Gasteiger partial charge in [0, 0.05) is 19.5 Å². The van der Waals surface area contributed by atoms with E-state index in [9.17, 15) is 9.18 Å². The predicted molar refractivity (Wildman–Crippen MR) is 116 cm³/mol. The number of aliphatic carboxylic acids is 1. The van der Waals surface area contributed by atoms with Gasteiger partial charge in [-0.2, -0.15) is 0 Å². The van der Waals surface area contributed by atoms with Crippen LogP contribution in [0, 0.1) is 18.2 Å². The number of allylic oxidation sites excluding steroid dienone is 1. The van der Waals surface area contributed by atoms with Crippen LogP contribution in [-0.4, -0.2) is 28.2 Å². The quantitative estimate of drug-likeness (QED) is 0.461. The van der Waals surface area contributed by atoms with E-state index in [0.717, 1.165) is 22.6 Å². The maximum Gasteiger partial charge on any atom is 0.303 e. The molecular weight excluding hydrogens is 405 g/mol. The summed E-state index contributed by atoms with van der Waals surface area (Å²) < 4.78 is 14.9. The zero-order valence-electron chi connectivity index (χ0n) is 17.1. The highest BCUT2D eigenvalue weighted by molar-refractivity contribution is 6.42. The van der Waals surface area contributed by atoms with Crippen LogP contribution in [0.3, 0.4) is 0 Å². The van der Waals surface area contributed by atoms with E-state index in [1.807, 2.05) is 42.6 Å². The van der Waals surface area contributed by atoms with Gasteiger partial charge in [-0.05, 0) is 55.5 Å². The van der Waals surface area contributed by atoms with Crippen LogP contribution in [0.4, 0.5) is 10.1 Å². The van der Waals surface area contributed by atoms with E-state index >= 15 is 0 Å². The summed E-state index contributed by atoms with van der Waals surface area (Å²) in [5.41, 5.74) is 4.37. The maximum atomic E-state index is 14.9. The number of halogens is 2. The largest absolute Gasteiger partial charge is 0.481 e. The molecule has 2 aromatic carbocycles. The molecule has 0 unspecified atom stereocenters. The molecule has 0 fully saturated rings. The summed E-state index contributed by atoms with van der Waals surface area (Å²) in [4.78, 5) is 12.9. The van der Waals surface area contributed by atoms with Crippen LogP contribution in [0.5, 0.6) is 0 Å². The van der Waals surface area contributed by atoms with Crippen molar-refractivity contribution in [3.05, 3.63) is 75.3 Å². The topological polar surface area (TPSA) is 81.0 Å². The van der Waals surface area contributed by atoms with Crippen molar-refractivity contribution in [2.45, 2.75) is 39.7 Å². The number of hydrogen-bond acceptors (Lipinski definition) is 3. The fourth-order valence-corrected chi connectivity index (χ4v) is 3.78. The molecule has 7 heteroatoms. The summed E-state index contributed by atoms with van der Waals surface area (Å²) in [5, 5.41) is 19.2. The third kappa shape index (κ3) is 5.07. The Balaban J connectivity index is 1.87. The minimum Gasteiger partial charge on any atom is -0.481 e. The van der Waals surface area contributed by atoms with Crippen LogP contribution in [-0.2, 0) is 24.2 Å². The summed E-state index contributed by atoms with van der Waals surface area (Å²) in [7, 11) is 0. The van der Waals surface area contributed by atoms with Crippen LogP contribution in [0.2, 0.25) is 0 Å². The summed E-state index contributed by atoms with van der Waals surface area (Å²) in [6, 6.07) is 11.6. The fraction of sp³-hybridized carbons (Fsp3) is 0.304. The van der Waals surface area contributed by atoms with Crippen LogP contribution in [0.25, 0.3) is 0 Å². The average Bonchev–Trinajstić information content (AvgIpc) is 2.72. The third-order valence-electron chi connectivity index (χ3n) is 5.30. The van der Waals surface area contributed by atoms with Gasteiger partial charge >= 0.3 is 5.97 Å². The molecule has 1 aliphatic heterocycles. The summed E-state index contributed by atoms with van der Waals surface area (Å²) in [5.74, 6) is -0.485. The van der Waals surface area contributed by atoms with Gasteiger partial charge in [0.1, 0.15) is 16.5 Å². The number of benzene rings is 2. The van der Waals surface area contributed by atoms with Crippen molar-refractivity contribution >= 4 is 29.0 Å². The number of quaternary nitrogens is 1. The molecule has 0 spiro atoms. The SMILES string of the molecule is CC(=N)/C(Cl)=C(\[NH2+]c1ccc(C)cc1)N1CCc2c(ccc(CCC(=O)O)c2F)C1. The molecule has 1 heterocycles. The molecule has 5 nitrogen and oxygen atoms in total. The Hall–Kier alpha value is -2.70. The van der Waals surface area contributed by atoms with Crippen LogP contribution in [0.1, 0.15) is 35.6 Å². The summed E-state index contributed by atoms with van der Waals surface area (Å²) in [6.07, 6.45) is 0.590. The fourth-order valence-electron chi connectivity index (χ4n) is 3.61. The van der Waals surface area contributed by atoms with E-state index in [-0.39, 0.29) is 24.4 Å². The third-order valence-corrected chi connectivity index (χ3v) is 5.77. The molecule has 0 radical (unpaired) electrons. The predicted octanol–water partition coefficient (Wildman–Crippen LogP) is 3.85. The molecular formula is C23H26ClFN3O2+. The highest BCUT2D eigenvalue weighted by Gasteiger charge is 2.27. The molecule has 0 aliphatic carbocycles. The Kier molecular flexibility index (Phi) is 6.90. The van der Waals surface area contributed by atoms with Gasteiger partial charge in [0.2, 0.25) is 5.82 Å². The molecule has 1 aliphatic rings. The number of hydrogen-bond donors (Lipinski definition) is 3.